The molecule has 0 bridgehead atoms. The summed E-state index contributed by atoms with van der Waals surface area (Å²) in [6.45, 7) is 5.61. The van der Waals surface area contributed by atoms with E-state index in [4.69, 9.17) is 27.8 Å². The van der Waals surface area contributed by atoms with E-state index in [1.807, 2.05) is 0 Å². The smallest absolute Gasteiger partial charge is 0.390 e. The summed E-state index contributed by atoms with van der Waals surface area (Å²) in [7, 11) is -7.69. The molecule has 2 saturated heterocycles. The average Bonchev–Trinajstić information content (AvgIpc) is 2.77. The van der Waals surface area contributed by atoms with Crippen LogP contribution in [-0.2, 0) is 46.5 Å². The maximum atomic E-state index is 12.8. The number of nitrogens with one attached hydrogen (secondary N) is 2. The normalized spacial score (nSPS) is 39.0. The van der Waals surface area contributed by atoms with Crippen LogP contribution >= 0.6 is 15.4 Å². The fraction of sp³-hybridized carbons (Fsp3) is 0.900. The molecule has 0 radical (unpaired) electrons. The summed E-state index contributed by atoms with van der Waals surface area (Å²) < 4.78 is 56.1. The lowest BCUT2D eigenvalue weighted by Crippen LogP contribution is -2.61. The molecule has 38 heavy (non-hydrogen) atoms. The number of phosphoric ester groups is 1. The Morgan fingerprint density at radius 2 is 1.26 bits per heavy atom. The number of rotatable bonds is 11. The standard InChI is InChI=1S/C20H38N2O14P2/c1-9-15(21-11(3)23)19(35-37(6,27)28)34-14(18(9)26)8-32-38(29,30)36-20-16(22-12(4)24)10(2)17(25)13(33-20)7-31-5/h9-10,13-20,25-26H,7-8H2,1-6H3,(H,21,23)(H,22,24)(H,27,28)(H,29,30)/t9-,10-,13?,14?,15?,16?,17+,18+,19-,20-/m1/s1. The Labute approximate surface area is 220 Å². The number of aliphatic hydroxyl groups excluding tert-OH is 2. The van der Waals surface area contributed by atoms with Crippen LogP contribution in [0.4, 0.5) is 0 Å². The second-order valence-corrected chi connectivity index (χ2v) is 12.7. The average molecular weight is 592 g/mol. The quantitative estimate of drug-likeness (QED) is 0.159. The van der Waals surface area contributed by atoms with E-state index in [2.05, 4.69) is 10.6 Å². The number of hydrogen-bond donors (Lipinski definition) is 6. The second-order valence-electron chi connectivity index (χ2n) is 9.47. The van der Waals surface area contributed by atoms with E-state index in [0.717, 1.165) is 6.66 Å². The van der Waals surface area contributed by atoms with Gasteiger partial charge in [0.15, 0.2) is 12.6 Å². The zero-order chi connectivity index (χ0) is 29.0. The van der Waals surface area contributed by atoms with Gasteiger partial charge in [-0.3, -0.25) is 27.7 Å². The minimum Gasteiger partial charge on any atom is -0.390 e. The Morgan fingerprint density at radius 3 is 1.66 bits per heavy atom. The first-order valence-electron chi connectivity index (χ1n) is 11.8. The number of carbonyl (C=O) groups excluding carboxylic acids is 2. The van der Waals surface area contributed by atoms with Crippen LogP contribution in [0.1, 0.15) is 27.7 Å². The number of aliphatic hydroxyl groups is 2. The van der Waals surface area contributed by atoms with Crippen LogP contribution in [0.25, 0.3) is 0 Å². The van der Waals surface area contributed by atoms with Crippen molar-refractivity contribution in [3.8, 4) is 0 Å². The van der Waals surface area contributed by atoms with Gasteiger partial charge in [-0.1, -0.05) is 13.8 Å². The predicted octanol–water partition coefficient (Wildman–Crippen LogP) is -0.949. The Kier molecular flexibility index (Phi) is 11.9. The largest absolute Gasteiger partial charge is 0.474 e. The SMILES string of the molecule is COCC1O[C@H](OP(=O)(O)OCC2O[C@H](OP(C)(=O)O)C(NC(C)=O)[C@@H](C)[C@@H]2O)C(NC(C)=O)[C@@H](C)[C@@H]1O. The minimum atomic E-state index is -4.95. The summed E-state index contributed by atoms with van der Waals surface area (Å²) in [4.78, 5) is 43.4. The lowest BCUT2D eigenvalue weighted by atomic mass is 9.89. The monoisotopic (exact) mass is 592 g/mol. The number of ether oxygens (including phenoxy) is 3. The molecular weight excluding hydrogens is 554 g/mol. The zero-order valence-electron chi connectivity index (χ0n) is 22.0. The zero-order valence-corrected chi connectivity index (χ0v) is 23.7. The van der Waals surface area contributed by atoms with Crippen molar-refractivity contribution in [2.45, 2.75) is 76.8 Å². The molecule has 16 nitrogen and oxygen atoms in total. The molecule has 12 atom stereocenters. The molecule has 0 saturated carbocycles. The summed E-state index contributed by atoms with van der Waals surface area (Å²) in [5.41, 5.74) is 0. The number of amides is 2. The molecule has 2 aliphatic heterocycles. The van der Waals surface area contributed by atoms with Crippen molar-refractivity contribution in [1.29, 1.82) is 0 Å². The van der Waals surface area contributed by atoms with Crippen molar-refractivity contribution in [1.82, 2.24) is 10.6 Å². The van der Waals surface area contributed by atoms with Gasteiger partial charge in [-0.25, -0.2) is 4.57 Å². The van der Waals surface area contributed by atoms with Gasteiger partial charge in [0, 0.05) is 39.5 Å². The molecule has 222 valence electrons. The van der Waals surface area contributed by atoms with Crippen molar-refractivity contribution >= 4 is 27.2 Å². The Hall–Kier alpha value is -1.00. The van der Waals surface area contributed by atoms with Gasteiger partial charge in [0.25, 0.3) is 0 Å². The van der Waals surface area contributed by atoms with Crippen LogP contribution in [-0.4, -0.2) is 108 Å². The van der Waals surface area contributed by atoms with Gasteiger partial charge < -0.3 is 44.8 Å². The van der Waals surface area contributed by atoms with Gasteiger partial charge in [0.1, 0.15) is 12.2 Å². The first-order valence-corrected chi connectivity index (χ1v) is 15.3. The lowest BCUT2D eigenvalue weighted by Gasteiger charge is -2.44. The molecule has 18 heteroatoms. The summed E-state index contributed by atoms with van der Waals surface area (Å²) in [5, 5.41) is 26.2. The third-order valence-corrected chi connectivity index (χ3v) is 7.73. The second kappa shape index (κ2) is 13.6. The van der Waals surface area contributed by atoms with Gasteiger partial charge in [0.2, 0.25) is 11.8 Å². The van der Waals surface area contributed by atoms with Crippen LogP contribution < -0.4 is 10.6 Å². The van der Waals surface area contributed by atoms with Crippen molar-refractivity contribution in [3.05, 3.63) is 0 Å². The molecule has 6 unspecified atom stereocenters. The predicted molar refractivity (Wildman–Crippen MR) is 128 cm³/mol. The first kappa shape index (κ1) is 33.2. The molecule has 2 rings (SSSR count). The summed E-state index contributed by atoms with van der Waals surface area (Å²) in [5.74, 6) is -2.48. The van der Waals surface area contributed by atoms with E-state index in [1.54, 1.807) is 6.92 Å². The summed E-state index contributed by atoms with van der Waals surface area (Å²) in [6.07, 6.45) is -7.75. The molecule has 0 aromatic carbocycles. The molecule has 6 N–H and O–H groups in total. The molecular formula is C20H38N2O14P2. The van der Waals surface area contributed by atoms with Gasteiger partial charge in [-0.15, -0.1) is 0 Å². The van der Waals surface area contributed by atoms with E-state index < -0.39 is 94.8 Å². The Balaban J connectivity index is 2.16. The molecule has 0 spiro atoms. The van der Waals surface area contributed by atoms with Gasteiger partial charge in [0.05, 0.1) is 37.5 Å². The molecule has 2 aliphatic rings. The highest BCUT2D eigenvalue weighted by Gasteiger charge is 2.49. The minimum absolute atomic E-state index is 0.0717. The van der Waals surface area contributed by atoms with Gasteiger partial charge in [-0.2, -0.15) is 0 Å². The fourth-order valence-corrected chi connectivity index (χ4v) is 5.69. The Bertz CT molecular complexity index is 918. The maximum Gasteiger partial charge on any atom is 0.474 e. The number of carbonyl (C=O) groups is 2. The van der Waals surface area contributed by atoms with Crippen LogP contribution in [0, 0.1) is 11.8 Å². The van der Waals surface area contributed by atoms with Crippen LogP contribution in [0.3, 0.4) is 0 Å². The van der Waals surface area contributed by atoms with E-state index in [-0.39, 0.29) is 6.61 Å². The highest BCUT2D eigenvalue weighted by atomic mass is 31.2. The third kappa shape index (κ3) is 9.29. The fourth-order valence-electron chi connectivity index (χ4n) is 4.28. The number of methoxy groups -OCH3 is 1. The lowest BCUT2D eigenvalue weighted by molar-refractivity contribution is -0.240. The summed E-state index contributed by atoms with van der Waals surface area (Å²) >= 11 is 0. The topological polar surface area (TPSA) is 229 Å². The van der Waals surface area contributed by atoms with E-state index in [0.29, 0.717) is 0 Å². The molecule has 0 aromatic heterocycles. The van der Waals surface area contributed by atoms with E-state index in [1.165, 1.54) is 27.9 Å². The van der Waals surface area contributed by atoms with E-state index >= 15 is 0 Å². The maximum absolute atomic E-state index is 12.8. The molecule has 0 aromatic rings. The molecule has 2 fully saturated rings. The first-order chi connectivity index (χ1) is 17.5. The van der Waals surface area contributed by atoms with Crippen LogP contribution in [0.2, 0.25) is 0 Å². The van der Waals surface area contributed by atoms with Crippen molar-refractivity contribution in [2.75, 3.05) is 27.0 Å². The van der Waals surface area contributed by atoms with Gasteiger partial charge in [-0.05, 0) is 0 Å². The highest BCUT2D eigenvalue weighted by molar-refractivity contribution is 7.51. The van der Waals surface area contributed by atoms with Crippen molar-refractivity contribution < 1.29 is 66.5 Å². The molecule has 2 heterocycles. The highest BCUT2D eigenvalue weighted by Crippen LogP contribution is 2.48. The Morgan fingerprint density at radius 1 is 0.842 bits per heavy atom. The molecule has 0 aliphatic carbocycles. The van der Waals surface area contributed by atoms with Crippen LogP contribution in [0.15, 0.2) is 0 Å². The number of phosphoric acid groups is 1. The third-order valence-electron chi connectivity index (χ3n) is 6.19. The van der Waals surface area contributed by atoms with Gasteiger partial charge >= 0.3 is 15.4 Å². The van der Waals surface area contributed by atoms with Crippen molar-refractivity contribution in [2.24, 2.45) is 11.8 Å². The van der Waals surface area contributed by atoms with Crippen molar-refractivity contribution in [3.63, 3.8) is 0 Å². The van der Waals surface area contributed by atoms with Crippen LogP contribution in [0.5, 0.6) is 0 Å². The van der Waals surface area contributed by atoms with E-state index in [9.17, 15) is 38.7 Å². The number of hydrogen-bond acceptors (Lipinski definition) is 12. The summed E-state index contributed by atoms with van der Waals surface area (Å²) in [6, 6.07) is -2.05. The molecule has 2 amide bonds.